The minimum Gasteiger partial charge on any atom is -0.508 e. The fraction of sp³-hybridized carbons (Fsp3) is 0.455. The molecular formula is C11H14N2O2. The molecule has 3 rings (SSSR count). The van der Waals surface area contributed by atoms with Crippen LogP contribution in [0.4, 0.5) is 5.69 Å². The second-order valence-electron chi connectivity index (χ2n) is 4.38. The second kappa shape index (κ2) is 2.87. The molecule has 2 aliphatic rings. The van der Waals surface area contributed by atoms with Crippen molar-refractivity contribution >= 4 is 5.69 Å². The number of rotatable bonds is 0. The van der Waals surface area contributed by atoms with Crippen LogP contribution in [0.25, 0.3) is 0 Å². The van der Waals surface area contributed by atoms with E-state index in [9.17, 15) is 10.2 Å². The fourth-order valence-corrected chi connectivity index (χ4v) is 2.58. The predicted octanol–water partition coefficient (Wildman–Crippen LogP) is 0.583. The zero-order valence-electron chi connectivity index (χ0n) is 8.33. The van der Waals surface area contributed by atoms with Gasteiger partial charge in [-0.25, -0.2) is 0 Å². The van der Waals surface area contributed by atoms with E-state index in [1.54, 1.807) is 12.1 Å². The normalized spacial score (nSPS) is 33.0. The van der Waals surface area contributed by atoms with Crippen molar-refractivity contribution in [3.63, 3.8) is 0 Å². The first-order valence-corrected chi connectivity index (χ1v) is 5.21. The SMILES string of the molecule is Oc1ccc2c(c1)C(O)C1(CCNC1)N2. The van der Waals surface area contributed by atoms with Crippen LogP contribution < -0.4 is 10.6 Å². The molecule has 2 heterocycles. The molecule has 1 saturated heterocycles. The van der Waals surface area contributed by atoms with E-state index < -0.39 is 6.10 Å². The Labute approximate surface area is 87.9 Å². The van der Waals surface area contributed by atoms with Crippen LogP contribution in [0, 0.1) is 0 Å². The van der Waals surface area contributed by atoms with Crippen molar-refractivity contribution in [1.82, 2.24) is 5.32 Å². The fourth-order valence-electron chi connectivity index (χ4n) is 2.58. The number of hydrogen-bond donors (Lipinski definition) is 4. The third kappa shape index (κ3) is 1.15. The quantitative estimate of drug-likeness (QED) is 0.469. The number of nitrogens with one attached hydrogen (secondary N) is 2. The third-order valence-corrected chi connectivity index (χ3v) is 3.43. The van der Waals surface area contributed by atoms with Crippen molar-refractivity contribution in [2.24, 2.45) is 0 Å². The molecule has 4 nitrogen and oxygen atoms in total. The highest BCUT2D eigenvalue weighted by Crippen LogP contribution is 2.45. The Morgan fingerprint density at radius 2 is 2.27 bits per heavy atom. The monoisotopic (exact) mass is 206 g/mol. The summed E-state index contributed by atoms with van der Waals surface area (Å²) in [6.45, 7) is 1.69. The van der Waals surface area contributed by atoms with E-state index in [-0.39, 0.29) is 11.3 Å². The molecule has 0 bridgehead atoms. The maximum Gasteiger partial charge on any atom is 0.116 e. The molecule has 4 heteroatoms. The molecule has 4 N–H and O–H groups in total. The molecule has 1 aromatic carbocycles. The van der Waals surface area contributed by atoms with Gasteiger partial charge in [0.25, 0.3) is 0 Å². The lowest BCUT2D eigenvalue weighted by molar-refractivity contribution is 0.117. The number of phenols is 1. The highest BCUT2D eigenvalue weighted by atomic mass is 16.3. The first-order chi connectivity index (χ1) is 7.21. The largest absolute Gasteiger partial charge is 0.508 e. The summed E-state index contributed by atoms with van der Waals surface area (Å²) in [4.78, 5) is 0. The van der Waals surface area contributed by atoms with Gasteiger partial charge in [0.1, 0.15) is 11.9 Å². The van der Waals surface area contributed by atoms with Gasteiger partial charge < -0.3 is 20.8 Å². The van der Waals surface area contributed by atoms with Crippen LogP contribution in [0.2, 0.25) is 0 Å². The van der Waals surface area contributed by atoms with Crippen molar-refractivity contribution in [3.05, 3.63) is 23.8 Å². The molecule has 2 aliphatic heterocycles. The maximum absolute atomic E-state index is 10.2. The standard InChI is InChI=1S/C11H14N2O2/c14-7-1-2-9-8(5-7)10(15)11(13-9)3-4-12-6-11/h1-2,5,10,12-15H,3-4,6H2. The Kier molecular flexibility index (Phi) is 1.72. The molecule has 15 heavy (non-hydrogen) atoms. The minimum absolute atomic E-state index is 0.206. The lowest BCUT2D eigenvalue weighted by Crippen LogP contribution is -2.41. The van der Waals surface area contributed by atoms with Crippen molar-refractivity contribution in [2.75, 3.05) is 18.4 Å². The Morgan fingerprint density at radius 3 is 3.00 bits per heavy atom. The van der Waals surface area contributed by atoms with Gasteiger partial charge in [-0.2, -0.15) is 0 Å². The van der Waals surface area contributed by atoms with Crippen LogP contribution in [0.5, 0.6) is 5.75 Å². The minimum atomic E-state index is -0.533. The summed E-state index contributed by atoms with van der Waals surface area (Å²) in [5.74, 6) is 0.206. The summed E-state index contributed by atoms with van der Waals surface area (Å²) in [5, 5.41) is 26.2. The zero-order chi connectivity index (χ0) is 10.5. The molecule has 0 amide bonds. The number of hydrogen-bond acceptors (Lipinski definition) is 4. The molecule has 2 unspecified atom stereocenters. The van der Waals surface area contributed by atoms with Crippen molar-refractivity contribution in [2.45, 2.75) is 18.1 Å². The lowest BCUT2D eigenvalue weighted by Gasteiger charge is -2.27. The molecule has 1 fully saturated rings. The summed E-state index contributed by atoms with van der Waals surface area (Å²) >= 11 is 0. The van der Waals surface area contributed by atoms with Gasteiger partial charge in [0.2, 0.25) is 0 Å². The highest BCUT2D eigenvalue weighted by Gasteiger charge is 2.47. The Balaban J connectivity index is 2.04. The van der Waals surface area contributed by atoms with Crippen LogP contribution >= 0.6 is 0 Å². The summed E-state index contributed by atoms with van der Waals surface area (Å²) in [6, 6.07) is 5.10. The van der Waals surface area contributed by atoms with Crippen molar-refractivity contribution in [1.29, 1.82) is 0 Å². The number of aromatic hydroxyl groups is 1. The van der Waals surface area contributed by atoms with Gasteiger partial charge in [0, 0.05) is 17.8 Å². The first kappa shape index (κ1) is 9.00. The summed E-state index contributed by atoms with van der Waals surface area (Å²) in [7, 11) is 0. The maximum atomic E-state index is 10.2. The van der Waals surface area contributed by atoms with Gasteiger partial charge in [-0.1, -0.05) is 0 Å². The van der Waals surface area contributed by atoms with Gasteiger partial charge in [-0.3, -0.25) is 0 Å². The van der Waals surface area contributed by atoms with Crippen LogP contribution in [0.3, 0.4) is 0 Å². The molecule has 0 radical (unpaired) electrons. The van der Waals surface area contributed by atoms with Gasteiger partial charge in [0.15, 0.2) is 0 Å². The summed E-state index contributed by atoms with van der Waals surface area (Å²) in [6.07, 6.45) is 0.374. The Morgan fingerprint density at radius 1 is 1.40 bits per heavy atom. The number of phenolic OH excluding ortho intramolecular Hbond substituents is 1. The predicted molar refractivity (Wildman–Crippen MR) is 56.9 cm³/mol. The van der Waals surface area contributed by atoms with Crippen molar-refractivity contribution < 1.29 is 10.2 Å². The van der Waals surface area contributed by atoms with E-state index in [1.165, 1.54) is 0 Å². The number of benzene rings is 1. The van der Waals surface area contributed by atoms with Gasteiger partial charge in [0.05, 0.1) is 5.54 Å². The molecule has 0 aromatic heterocycles. The molecule has 0 saturated carbocycles. The third-order valence-electron chi connectivity index (χ3n) is 3.43. The number of fused-ring (bicyclic) bond motifs is 1. The molecule has 1 aromatic rings. The van der Waals surface area contributed by atoms with Gasteiger partial charge in [-0.05, 0) is 31.2 Å². The zero-order valence-corrected chi connectivity index (χ0v) is 8.33. The molecule has 80 valence electrons. The van der Waals surface area contributed by atoms with E-state index in [2.05, 4.69) is 10.6 Å². The van der Waals surface area contributed by atoms with E-state index in [4.69, 9.17) is 0 Å². The van der Waals surface area contributed by atoms with Crippen LogP contribution in [-0.2, 0) is 0 Å². The molecular weight excluding hydrogens is 192 g/mol. The molecule has 2 atom stereocenters. The van der Waals surface area contributed by atoms with Crippen LogP contribution in [0.15, 0.2) is 18.2 Å². The van der Waals surface area contributed by atoms with Crippen LogP contribution in [0.1, 0.15) is 18.1 Å². The second-order valence-corrected chi connectivity index (χ2v) is 4.38. The first-order valence-electron chi connectivity index (χ1n) is 5.21. The summed E-state index contributed by atoms with van der Waals surface area (Å²) < 4.78 is 0. The van der Waals surface area contributed by atoms with E-state index in [0.29, 0.717) is 0 Å². The number of anilines is 1. The molecule has 0 aliphatic carbocycles. The lowest BCUT2D eigenvalue weighted by atomic mass is 9.91. The average Bonchev–Trinajstić information content (AvgIpc) is 2.78. The number of aliphatic hydroxyl groups excluding tert-OH is 1. The van der Waals surface area contributed by atoms with E-state index in [1.807, 2.05) is 6.07 Å². The average molecular weight is 206 g/mol. The Hall–Kier alpha value is -1.26. The van der Waals surface area contributed by atoms with E-state index in [0.717, 1.165) is 30.8 Å². The van der Waals surface area contributed by atoms with Crippen molar-refractivity contribution in [3.8, 4) is 5.75 Å². The summed E-state index contributed by atoms with van der Waals surface area (Å²) in [5.41, 5.74) is 1.47. The van der Waals surface area contributed by atoms with Gasteiger partial charge in [-0.15, -0.1) is 0 Å². The topological polar surface area (TPSA) is 64.5 Å². The highest BCUT2D eigenvalue weighted by molar-refractivity contribution is 5.63. The van der Waals surface area contributed by atoms with E-state index >= 15 is 0 Å². The smallest absolute Gasteiger partial charge is 0.116 e. The molecule has 1 spiro atoms. The van der Waals surface area contributed by atoms with Crippen LogP contribution in [-0.4, -0.2) is 28.8 Å². The number of aliphatic hydroxyl groups is 1. The van der Waals surface area contributed by atoms with Gasteiger partial charge >= 0.3 is 0 Å². The Bertz CT molecular complexity index is 400.